The van der Waals surface area contributed by atoms with Gasteiger partial charge in [-0.2, -0.15) is 0 Å². The predicted octanol–water partition coefficient (Wildman–Crippen LogP) is -0.718. The minimum absolute atomic E-state index is 0.135. The molecule has 1 atom stereocenters. The number of aliphatic hydroxyl groups is 2. The van der Waals surface area contributed by atoms with Gasteiger partial charge in [0.05, 0.1) is 6.73 Å². The van der Waals surface area contributed by atoms with Crippen molar-refractivity contribution in [2.24, 2.45) is 0 Å². The van der Waals surface area contributed by atoms with Crippen LogP contribution in [-0.2, 0) is 0 Å². The summed E-state index contributed by atoms with van der Waals surface area (Å²) in [6.45, 7) is 5.53. The molecule has 1 saturated heterocycles. The van der Waals surface area contributed by atoms with Crippen molar-refractivity contribution in [3.05, 3.63) is 0 Å². The van der Waals surface area contributed by atoms with Crippen LogP contribution in [0.3, 0.4) is 0 Å². The molecule has 4 nitrogen and oxygen atoms in total. The molecule has 0 aromatic carbocycles. The van der Waals surface area contributed by atoms with E-state index in [1.165, 1.54) is 0 Å². The lowest BCUT2D eigenvalue weighted by molar-refractivity contribution is -0.0405. The predicted molar refractivity (Wildman–Crippen MR) is 46.5 cm³/mol. The first-order valence-corrected chi connectivity index (χ1v) is 4.53. The highest BCUT2D eigenvalue weighted by atomic mass is 16.3. The molecular formula is C8H18N2O2. The Morgan fingerprint density at radius 1 is 1.25 bits per heavy atom. The van der Waals surface area contributed by atoms with Gasteiger partial charge in [0.2, 0.25) is 0 Å². The van der Waals surface area contributed by atoms with E-state index in [9.17, 15) is 5.11 Å². The second kappa shape index (κ2) is 4.77. The van der Waals surface area contributed by atoms with E-state index in [2.05, 4.69) is 0 Å². The zero-order valence-electron chi connectivity index (χ0n) is 7.61. The Balaban J connectivity index is 2.25. The Morgan fingerprint density at radius 2 is 1.83 bits per heavy atom. The van der Waals surface area contributed by atoms with Gasteiger partial charge in [0.15, 0.2) is 0 Å². The Kier molecular flexibility index (Phi) is 3.94. The van der Waals surface area contributed by atoms with Gasteiger partial charge >= 0.3 is 0 Å². The Labute approximate surface area is 73.4 Å². The maximum atomic E-state index is 9.49. The van der Waals surface area contributed by atoms with Crippen molar-refractivity contribution in [2.75, 3.05) is 32.9 Å². The van der Waals surface area contributed by atoms with Gasteiger partial charge in [0.25, 0.3) is 0 Å². The van der Waals surface area contributed by atoms with Crippen LogP contribution in [0, 0.1) is 0 Å². The third kappa shape index (κ3) is 2.42. The molecule has 1 unspecified atom stereocenters. The zero-order valence-corrected chi connectivity index (χ0v) is 7.61. The molecule has 0 aliphatic carbocycles. The average molecular weight is 174 g/mol. The lowest BCUT2D eigenvalue weighted by Gasteiger charge is -2.35. The molecule has 12 heavy (non-hydrogen) atoms. The van der Waals surface area contributed by atoms with Crippen molar-refractivity contribution in [3.63, 3.8) is 0 Å². The van der Waals surface area contributed by atoms with E-state index < -0.39 is 0 Å². The molecular weight excluding hydrogens is 156 g/mol. The summed E-state index contributed by atoms with van der Waals surface area (Å²) in [4.78, 5) is 4.02. The number of aliphatic hydroxyl groups excluding tert-OH is 2. The first kappa shape index (κ1) is 9.92. The molecule has 2 N–H and O–H groups in total. The van der Waals surface area contributed by atoms with Gasteiger partial charge in [0.1, 0.15) is 6.23 Å². The van der Waals surface area contributed by atoms with Gasteiger partial charge in [0, 0.05) is 26.2 Å². The molecule has 4 heteroatoms. The fraction of sp³-hybridized carbons (Fsp3) is 1.00. The van der Waals surface area contributed by atoms with Crippen molar-refractivity contribution < 1.29 is 10.2 Å². The molecule has 1 aliphatic rings. The monoisotopic (exact) mass is 174 g/mol. The number of piperazine rings is 1. The smallest absolute Gasteiger partial charge is 0.107 e. The van der Waals surface area contributed by atoms with Gasteiger partial charge in [-0.3, -0.25) is 9.80 Å². The van der Waals surface area contributed by atoms with Crippen LogP contribution in [0.1, 0.15) is 13.3 Å². The van der Waals surface area contributed by atoms with Gasteiger partial charge in [-0.15, -0.1) is 0 Å². The van der Waals surface area contributed by atoms with Crippen LogP contribution >= 0.6 is 0 Å². The number of hydrogen-bond acceptors (Lipinski definition) is 4. The summed E-state index contributed by atoms with van der Waals surface area (Å²) in [6.07, 6.45) is 0.477. The molecule has 1 aliphatic heterocycles. The molecule has 1 heterocycles. The first-order chi connectivity index (χ1) is 5.77. The van der Waals surface area contributed by atoms with Gasteiger partial charge in [-0.25, -0.2) is 0 Å². The van der Waals surface area contributed by atoms with E-state index in [1.807, 2.05) is 16.7 Å². The zero-order chi connectivity index (χ0) is 8.97. The van der Waals surface area contributed by atoms with E-state index in [0.29, 0.717) is 0 Å². The minimum atomic E-state index is -0.300. The minimum Gasteiger partial charge on any atom is -0.381 e. The highest BCUT2D eigenvalue weighted by molar-refractivity contribution is 4.71. The van der Waals surface area contributed by atoms with Crippen LogP contribution in [0.2, 0.25) is 0 Å². The molecule has 1 fully saturated rings. The molecule has 0 aromatic rings. The van der Waals surface area contributed by atoms with Crippen LogP contribution in [0.4, 0.5) is 0 Å². The summed E-state index contributed by atoms with van der Waals surface area (Å²) in [7, 11) is 0. The molecule has 0 radical (unpaired) electrons. The highest BCUT2D eigenvalue weighted by Gasteiger charge is 2.19. The van der Waals surface area contributed by atoms with Crippen molar-refractivity contribution in [3.8, 4) is 0 Å². The van der Waals surface area contributed by atoms with E-state index in [0.717, 1.165) is 32.6 Å². The Morgan fingerprint density at radius 3 is 2.25 bits per heavy atom. The van der Waals surface area contributed by atoms with Crippen LogP contribution in [0.5, 0.6) is 0 Å². The van der Waals surface area contributed by atoms with E-state index in [1.54, 1.807) is 0 Å². The Hall–Kier alpha value is -0.160. The maximum Gasteiger partial charge on any atom is 0.107 e. The number of rotatable bonds is 3. The lowest BCUT2D eigenvalue weighted by Crippen LogP contribution is -2.50. The fourth-order valence-electron chi connectivity index (χ4n) is 1.46. The van der Waals surface area contributed by atoms with Crippen LogP contribution in [0.25, 0.3) is 0 Å². The molecule has 1 rings (SSSR count). The SMILES string of the molecule is CCC(O)N1CCN(CO)CC1. The van der Waals surface area contributed by atoms with Crippen LogP contribution < -0.4 is 0 Å². The third-order valence-corrected chi connectivity index (χ3v) is 2.39. The maximum absolute atomic E-state index is 9.49. The average Bonchev–Trinajstić information content (AvgIpc) is 2.17. The fourth-order valence-corrected chi connectivity index (χ4v) is 1.46. The van der Waals surface area contributed by atoms with E-state index >= 15 is 0 Å². The lowest BCUT2D eigenvalue weighted by atomic mass is 10.3. The van der Waals surface area contributed by atoms with Gasteiger partial charge in [-0.1, -0.05) is 6.92 Å². The molecule has 72 valence electrons. The number of hydrogen-bond donors (Lipinski definition) is 2. The molecule has 0 saturated carbocycles. The summed E-state index contributed by atoms with van der Waals surface area (Å²) >= 11 is 0. The standard InChI is InChI=1S/C8H18N2O2/c1-2-8(12)10-5-3-9(7-11)4-6-10/h8,11-12H,2-7H2,1H3. The topological polar surface area (TPSA) is 46.9 Å². The van der Waals surface area contributed by atoms with E-state index in [4.69, 9.17) is 5.11 Å². The van der Waals surface area contributed by atoms with E-state index in [-0.39, 0.29) is 13.0 Å². The van der Waals surface area contributed by atoms with Crippen molar-refractivity contribution in [1.82, 2.24) is 9.80 Å². The second-order valence-corrected chi connectivity index (χ2v) is 3.18. The first-order valence-electron chi connectivity index (χ1n) is 4.53. The second-order valence-electron chi connectivity index (χ2n) is 3.18. The molecule has 0 bridgehead atoms. The van der Waals surface area contributed by atoms with Crippen LogP contribution in [0.15, 0.2) is 0 Å². The normalized spacial score (nSPS) is 24.2. The van der Waals surface area contributed by atoms with Gasteiger partial charge < -0.3 is 10.2 Å². The molecule has 0 spiro atoms. The van der Waals surface area contributed by atoms with Crippen molar-refractivity contribution in [2.45, 2.75) is 19.6 Å². The molecule has 0 amide bonds. The van der Waals surface area contributed by atoms with Gasteiger partial charge in [-0.05, 0) is 6.42 Å². The summed E-state index contributed by atoms with van der Waals surface area (Å²) in [5.74, 6) is 0. The quantitative estimate of drug-likeness (QED) is 0.593. The molecule has 0 aromatic heterocycles. The summed E-state index contributed by atoms with van der Waals surface area (Å²) in [5, 5.41) is 18.3. The third-order valence-electron chi connectivity index (χ3n) is 2.39. The largest absolute Gasteiger partial charge is 0.381 e. The summed E-state index contributed by atoms with van der Waals surface area (Å²) in [6, 6.07) is 0. The summed E-state index contributed by atoms with van der Waals surface area (Å²) in [5.41, 5.74) is 0. The Bertz CT molecular complexity index is 124. The highest BCUT2D eigenvalue weighted by Crippen LogP contribution is 2.05. The summed E-state index contributed by atoms with van der Waals surface area (Å²) < 4.78 is 0. The van der Waals surface area contributed by atoms with Crippen molar-refractivity contribution in [1.29, 1.82) is 0 Å². The van der Waals surface area contributed by atoms with Crippen molar-refractivity contribution >= 4 is 0 Å². The van der Waals surface area contributed by atoms with Crippen LogP contribution in [-0.4, -0.2) is 59.2 Å². The number of nitrogens with zero attached hydrogens (tertiary/aromatic N) is 2.